The summed E-state index contributed by atoms with van der Waals surface area (Å²) >= 11 is 0.695. The van der Waals surface area contributed by atoms with Gasteiger partial charge in [0.25, 0.3) is 17.1 Å². The Kier molecular flexibility index (Phi) is 5.02. The lowest BCUT2D eigenvalue weighted by Gasteiger charge is -2.09. The number of primary amides is 2. The van der Waals surface area contributed by atoms with Gasteiger partial charge in [0.1, 0.15) is 12.3 Å². The Balaban J connectivity index is 2.25. The molecule has 1 saturated heterocycles. The molecule has 4 amide bonds. The maximum atomic E-state index is 12.1. The topological polar surface area (TPSA) is 133 Å². The summed E-state index contributed by atoms with van der Waals surface area (Å²) in [5.74, 6) is -1.68. The molecular formula is C14H13N3O5S. The molecular weight excluding hydrogens is 322 g/mol. The second-order valence-corrected chi connectivity index (χ2v) is 5.52. The molecule has 0 spiro atoms. The fourth-order valence-electron chi connectivity index (χ4n) is 1.81. The quantitative estimate of drug-likeness (QED) is 0.707. The van der Waals surface area contributed by atoms with Gasteiger partial charge in [0, 0.05) is 5.56 Å². The number of imide groups is 1. The number of thioether (sulfide) groups is 1. The van der Waals surface area contributed by atoms with Gasteiger partial charge in [-0.3, -0.25) is 24.1 Å². The minimum atomic E-state index is -0.779. The number of carbonyl (C=O) groups is 4. The van der Waals surface area contributed by atoms with Gasteiger partial charge in [0.2, 0.25) is 5.91 Å². The van der Waals surface area contributed by atoms with Crippen molar-refractivity contribution in [3.05, 3.63) is 34.7 Å². The van der Waals surface area contributed by atoms with Crippen LogP contribution in [0, 0.1) is 0 Å². The molecule has 9 heteroatoms. The van der Waals surface area contributed by atoms with Crippen LogP contribution in [0.25, 0.3) is 6.08 Å². The highest BCUT2D eigenvalue weighted by molar-refractivity contribution is 8.18. The predicted molar refractivity (Wildman–Crippen MR) is 83.0 cm³/mol. The molecule has 2 rings (SSSR count). The number of hydrogen-bond acceptors (Lipinski definition) is 6. The zero-order valence-electron chi connectivity index (χ0n) is 11.9. The third-order valence-corrected chi connectivity index (χ3v) is 3.67. The molecule has 0 atom stereocenters. The van der Waals surface area contributed by atoms with E-state index in [-0.39, 0.29) is 11.5 Å². The summed E-state index contributed by atoms with van der Waals surface area (Å²) in [6, 6.07) is 6.64. The first kappa shape index (κ1) is 16.6. The van der Waals surface area contributed by atoms with Gasteiger partial charge in [-0.1, -0.05) is 18.2 Å². The molecule has 0 aliphatic carbocycles. The lowest BCUT2D eigenvalue weighted by atomic mass is 10.2. The van der Waals surface area contributed by atoms with Crippen LogP contribution in [-0.4, -0.2) is 41.0 Å². The Bertz CT molecular complexity index is 716. The van der Waals surface area contributed by atoms with Crippen molar-refractivity contribution in [2.45, 2.75) is 0 Å². The average molecular weight is 335 g/mol. The van der Waals surface area contributed by atoms with Crippen LogP contribution in [0.1, 0.15) is 5.56 Å². The van der Waals surface area contributed by atoms with Crippen LogP contribution in [0.15, 0.2) is 29.2 Å². The minimum absolute atomic E-state index is 0.131. The minimum Gasteiger partial charge on any atom is -0.483 e. The Hall–Kier alpha value is -2.81. The summed E-state index contributed by atoms with van der Waals surface area (Å²) in [7, 11) is 0. The molecule has 0 aromatic heterocycles. The highest BCUT2D eigenvalue weighted by Gasteiger charge is 2.35. The summed E-state index contributed by atoms with van der Waals surface area (Å²) in [6.45, 7) is -0.782. The maximum Gasteiger partial charge on any atom is 0.294 e. The highest BCUT2D eigenvalue weighted by Crippen LogP contribution is 2.33. The largest absolute Gasteiger partial charge is 0.483 e. The van der Waals surface area contributed by atoms with Crippen LogP contribution >= 0.6 is 11.8 Å². The third-order valence-electron chi connectivity index (χ3n) is 2.76. The third kappa shape index (κ3) is 4.10. The molecule has 1 aromatic carbocycles. The van der Waals surface area contributed by atoms with Crippen molar-refractivity contribution in [2.75, 3.05) is 13.2 Å². The molecule has 1 fully saturated rings. The van der Waals surface area contributed by atoms with E-state index in [1.807, 2.05) is 0 Å². The van der Waals surface area contributed by atoms with Crippen molar-refractivity contribution < 1.29 is 23.9 Å². The highest BCUT2D eigenvalue weighted by atomic mass is 32.2. The Morgan fingerprint density at radius 3 is 2.52 bits per heavy atom. The fraction of sp³-hybridized carbons (Fsp3) is 0.143. The smallest absolute Gasteiger partial charge is 0.294 e. The normalized spacial score (nSPS) is 16.0. The van der Waals surface area contributed by atoms with E-state index in [1.165, 1.54) is 6.08 Å². The second kappa shape index (κ2) is 6.97. The monoisotopic (exact) mass is 335 g/mol. The summed E-state index contributed by atoms with van der Waals surface area (Å²) in [5, 5.41) is -0.574. The van der Waals surface area contributed by atoms with Crippen molar-refractivity contribution in [3.8, 4) is 5.75 Å². The van der Waals surface area contributed by atoms with E-state index < -0.39 is 29.5 Å². The number of ether oxygens (including phenoxy) is 1. The molecule has 0 bridgehead atoms. The van der Waals surface area contributed by atoms with Gasteiger partial charge < -0.3 is 16.2 Å². The zero-order chi connectivity index (χ0) is 17.0. The first-order valence-electron chi connectivity index (χ1n) is 6.42. The maximum absolute atomic E-state index is 12.1. The van der Waals surface area contributed by atoms with Gasteiger partial charge in [-0.2, -0.15) is 0 Å². The molecule has 4 N–H and O–H groups in total. The Labute approximate surface area is 135 Å². The van der Waals surface area contributed by atoms with Gasteiger partial charge in [-0.25, -0.2) is 0 Å². The van der Waals surface area contributed by atoms with Gasteiger partial charge in [0.15, 0.2) is 6.61 Å². The zero-order valence-corrected chi connectivity index (χ0v) is 12.7. The van der Waals surface area contributed by atoms with E-state index in [1.54, 1.807) is 24.3 Å². The van der Waals surface area contributed by atoms with E-state index in [0.29, 0.717) is 23.1 Å². The molecule has 1 aliphatic heterocycles. The van der Waals surface area contributed by atoms with Gasteiger partial charge in [0.05, 0.1) is 4.91 Å². The van der Waals surface area contributed by atoms with Crippen LogP contribution in [0.2, 0.25) is 0 Å². The first-order chi connectivity index (χ1) is 10.9. The summed E-state index contributed by atoms with van der Waals surface area (Å²) < 4.78 is 5.25. The molecule has 0 radical (unpaired) electrons. The number of para-hydroxylation sites is 1. The van der Waals surface area contributed by atoms with Crippen molar-refractivity contribution in [2.24, 2.45) is 11.5 Å². The number of nitrogens with zero attached hydrogens (tertiary/aromatic N) is 1. The summed E-state index contributed by atoms with van der Waals surface area (Å²) in [6.07, 6.45) is 1.45. The molecule has 1 aromatic rings. The van der Waals surface area contributed by atoms with Crippen molar-refractivity contribution in [3.63, 3.8) is 0 Å². The predicted octanol–water partition coefficient (Wildman–Crippen LogP) is 0.0723. The van der Waals surface area contributed by atoms with Crippen LogP contribution in [0.5, 0.6) is 5.75 Å². The average Bonchev–Trinajstić information content (AvgIpc) is 2.73. The van der Waals surface area contributed by atoms with Crippen LogP contribution in [0.3, 0.4) is 0 Å². The second-order valence-electron chi connectivity index (χ2n) is 4.53. The first-order valence-corrected chi connectivity index (χ1v) is 7.24. The number of amides is 4. The van der Waals surface area contributed by atoms with E-state index in [0.717, 1.165) is 4.90 Å². The molecule has 0 unspecified atom stereocenters. The number of rotatable bonds is 6. The number of benzene rings is 1. The molecule has 8 nitrogen and oxygen atoms in total. The van der Waals surface area contributed by atoms with E-state index >= 15 is 0 Å². The number of carbonyl (C=O) groups excluding carboxylic acids is 4. The number of nitrogens with two attached hydrogens (primary N) is 2. The SMILES string of the molecule is NC(=O)COc1ccccc1/C=C1\SC(=O)N(CC(N)=O)C1=O. The van der Waals surface area contributed by atoms with Gasteiger partial charge in [-0.05, 0) is 23.9 Å². The summed E-state index contributed by atoms with van der Waals surface area (Å²) in [5.41, 5.74) is 10.5. The van der Waals surface area contributed by atoms with Crippen molar-refractivity contribution in [1.82, 2.24) is 4.90 Å². The van der Waals surface area contributed by atoms with Crippen LogP contribution < -0.4 is 16.2 Å². The molecule has 1 aliphatic rings. The molecule has 120 valence electrons. The summed E-state index contributed by atoms with van der Waals surface area (Å²) in [4.78, 5) is 46.5. The fourth-order valence-corrected chi connectivity index (χ4v) is 2.64. The molecule has 0 saturated carbocycles. The van der Waals surface area contributed by atoms with E-state index in [4.69, 9.17) is 16.2 Å². The Morgan fingerprint density at radius 2 is 1.87 bits per heavy atom. The van der Waals surface area contributed by atoms with Crippen molar-refractivity contribution >= 4 is 40.8 Å². The van der Waals surface area contributed by atoms with E-state index in [9.17, 15) is 19.2 Å². The van der Waals surface area contributed by atoms with Gasteiger partial charge in [-0.15, -0.1) is 0 Å². The Morgan fingerprint density at radius 1 is 1.17 bits per heavy atom. The standard InChI is InChI=1S/C14H13N3O5S/c15-11(18)6-17-13(20)10(23-14(17)21)5-8-3-1-2-4-9(8)22-7-12(16)19/h1-5H,6-7H2,(H2,15,18)(H2,16,19)/b10-5-. The lowest BCUT2D eigenvalue weighted by molar-refractivity contribution is -0.127. The van der Waals surface area contributed by atoms with Crippen LogP contribution in [0.4, 0.5) is 4.79 Å². The van der Waals surface area contributed by atoms with Crippen LogP contribution in [-0.2, 0) is 14.4 Å². The lowest BCUT2D eigenvalue weighted by Crippen LogP contribution is -2.36. The van der Waals surface area contributed by atoms with Crippen molar-refractivity contribution in [1.29, 1.82) is 0 Å². The van der Waals surface area contributed by atoms with Gasteiger partial charge >= 0.3 is 0 Å². The molecule has 23 heavy (non-hydrogen) atoms. The number of hydrogen-bond donors (Lipinski definition) is 2. The molecule has 1 heterocycles. The van der Waals surface area contributed by atoms with E-state index in [2.05, 4.69) is 0 Å².